The molecular formula is C25H19Cl2F3O5. The Morgan fingerprint density at radius 3 is 2.09 bits per heavy atom. The van der Waals surface area contributed by atoms with Gasteiger partial charge in [-0.3, -0.25) is 0 Å². The molecule has 0 radical (unpaired) electrons. The molecule has 10 heteroatoms. The molecule has 0 spiro atoms. The number of carbonyl (C=O) groups excluding carboxylic acids is 1. The summed E-state index contributed by atoms with van der Waals surface area (Å²) >= 11 is 12.4. The van der Waals surface area contributed by atoms with Gasteiger partial charge in [-0.2, -0.15) is 13.2 Å². The van der Waals surface area contributed by atoms with Crippen LogP contribution in [0, 0.1) is 0 Å². The van der Waals surface area contributed by atoms with E-state index in [-0.39, 0.29) is 44.0 Å². The molecule has 35 heavy (non-hydrogen) atoms. The summed E-state index contributed by atoms with van der Waals surface area (Å²) in [5, 5.41) is 0.272. The van der Waals surface area contributed by atoms with Gasteiger partial charge in [-0.05, 0) is 42.0 Å². The Hall–Kier alpha value is -3.36. The topological polar surface area (TPSA) is 54.0 Å². The highest BCUT2D eigenvalue weighted by molar-refractivity contribution is 6.36. The minimum absolute atomic E-state index is 0.0296. The summed E-state index contributed by atoms with van der Waals surface area (Å²) in [5.41, 5.74) is -0.158. The number of hydrogen-bond donors (Lipinski definition) is 0. The first-order chi connectivity index (χ1) is 16.6. The number of alkyl halides is 3. The number of esters is 1. The Balaban J connectivity index is 1.98. The lowest BCUT2D eigenvalue weighted by molar-refractivity contribution is -0.137. The Kier molecular flexibility index (Phi) is 8.19. The maximum Gasteiger partial charge on any atom is 0.416 e. The van der Waals surface area contributed by atoms with E-state index >= 15 is 0 Å². The van der Waals surface area contributed by atoms with Gasteiger partial charge in [0.25, 0.3) is 0 Å². The Bertz CT molecular complexity index is 1250. The van der Waals surface area contributed by atoms with Crippen LogP contribution in [-0.4, -0.2) is 27.3 Å². The van der Waals surface area contributed by atoms with Crippen LogP contribution in [0.2, 0.25) is 10.0 Å². The molecule has 0 aromatic heterocycles. The molecule has 0 aliphatic carbocycles. The second-order valence-corrected chi connectivity index (χ2v) is 7.91. The van der Waals surface area contributed by atoms with Crippen molar-refractivity contribution < 1.29 is 36.9 Å². The molecule has 5 nitrogen and oxygen atoms in total. The van der Waals surface area contributed by atoms with E-state index in [9.17, 15) is 18.0 Å². The van der Waals surface area contributed by atoms with E-state index in [1.54, 1.807) is 0 Å². The average molecular weight is 527 g/mol. The van der Waals surface area contributed by atoms with Crippen molar-refractivity contribution >= 4 is 41.3 Å². The first-order valence-corrected chi connectivity index (χ1v) is 10.7. The molecule has 0 N–H and O–H groups in total. The SMILES string of the molecule is COc1cc(C(=O)Oc2c(Cl)cc(Cl)cc2/C=C\c2cccc(C(F)(F)F)c2)cc(OC)c1OC. The molecule has 3 aromatic carbocycles. The molecule has 0 aliphatic rings. The third kappa shape index (κ3) is 6.21. The van der Waals surface area contributed by atoms with Crippen LogP contribution in [0.4, 0.5) is 13.2 Å². The molecule has 0 amide bonds. The Morgan fingerprint density at radius 1 is 0.857 bits per heavy atom. The summed E-state index contributed by atoms with van der Waals surface area (Å²) in [5.74, 6) is -0.0441. The molecule has 184 valence electrons. The second-order valence-electron chi connectivity index (χ2n) is 7.07. The molecule has 0 heterocycles. The van der Waals surface area contributed by atoms with Crippen molar-refractivity contribution in [1.29, 1.82) is 0 Å². The van der Waals surface area contributed by atoms with E-state index in [4.69, 9.17) is 42.1 Å². The van der Waals surface area contributed by atoms with Crippen LogP contribution in [0.3, 0.4) is 0 Å². The van der Waals surface area contributed by atoms with Crippen LogP contribution >= 0.6 is 23.2 Å². The number of rotatable bonds is 7. The lowest BCUT2D eigenvalue weighted by Gasteiger charge is -2.15. The normalized spacial score (nSPS) is 11.4. The van der Waals surface area contributed by atoms with Crippen molar-refractivity contribution in [3.63, 3.8) is 0 Å². The molecule has 0 unspecified atom stereocenters. The van der Waals surface area contributed by atoms with Crippen molar-refractivity contribution in [3.8, 4) is 23.0 Å². The van der Waals surface area contributed by atoms with Crippen LogP contribution in [0.5, 0.6) is 23.0 Å². The smallest absolute Gasteiger partial charge is 0.416 e. The van der Waals surface area contributed by atoms with Gasteiger partial charge < -0.3 is 18.9 Å². The monoisotopic (exact) mass is 526 g/mol. The lowest BCUT2D eigenvalue weighted by Crippen LogP contribution is -2.11. The molecular weight excluding hydrogens is 508 g/mol. The fourth-order valence-corrected chi connectivity index (χ4v) is 3.71. The number of halogens is 5. The highest BCUT2D eigenvalue weighted by Crippen LogP contribution is 2.39. The zero-order chi connectivity index (χ0) is 25.8. The molecule has 0 aliphatic heterocycles. The van der Waals surface area contributed by atoms with Gasteiger partial charge in [-0.15, -0.1) is 0 Å². The molecule has 0 fully saturated rings. The summed E-state index contributed by atoms with van der Waals surface area (Å²) in [6.45, 7) is 0. The van der Waals surface area contributed by atoms with E-state index in [0.717, 1.165) is 12.1 Å². The van der Waals surface area contributed by atoms with E-state index in [1.165, 1.54) is 69.9 Å². The van der Waals surface area contributed by atoms with E-state index in [2.05, 4.69) is 0 Å². The highest BCUT2D eigenvalue weighted by atomic mass is 35.5. The predicted octanol–water partition coefficient (Wildman–Crippen LogP) is 7.43. The van der Waals surface area contributed by atoms with E-state index < -0.39 is 17.7 Å². The number of ether oxygens (including phenoxy) is 4. The first kappa shape index (κ1) is 26.2. The maximum absolute atomic E-state index is 13.0. The Morgan fingerprint density at radius 2 is 1.51 bits per heavy atom. The second kappa shape index (κ2) is 10.9. The van der Waals surface area contributed by atoms with Crippen LogP contribution in [-0.2, 0) is 6.18 Å². The minimum Gasteiger partial charge on any atom is -0.493 e. The number of methoxy groups -OCH3 is 3. The van der Waals surface area contributed by atoms with Crippen LogP contribution in [0.25, 0.3) is 12.2 Å². The van der Waals surface area contributed by atoms with Gasteiger partial charge in [0.2, 0.25) is 5.75 Å². The molecule has 3 rings (SSSR count). The molecule has 0 saturated heterocycles. The van der Waals surface area contributed by atoms with E-state index in [0.29, 0.717) is 5.75 Å². The standard InChI is InChI=1S/C25H19Cl2F3O5/c1-32-20-11-16(12-21(33-2)23(20)34-3)24(31)35-22-15(10-18(26)13-19(22)27)8-7-14-5-4-6-17(9-14)25(28,29)30/h4-13H,1-3H3/b8-7-. The van der Waals surface area contributed by atoms with Crippen molar-refractivity contribution in [2.75, 3.05) is 21.3 Å². The van der Waals surface area contributed by atoms with Crippen LogP contribution in [0.15, 0.2) is 48.5 Å². The lowest BCUT2D eigenvalue weighted by atomic mass is 10.1. The molecule has 0 bridgehead atoms. The van der Waals surface area contributed by atoms with Crippen molar-refractivity contribution in [2.24, 2.45) is 0 Å². The summed E-state index contributed by atoms with van der Waals surface area (Å²) in [7, 11) is 4.23. The van der Waals surface area contributed by atoms with Gasteiger partial charge in [0.15, 0.2) is 17.2 Å². The van der Waals surface area contributed by atoms with Gasteiger partial charge in [0.05, 0.1) is 37.5 Å². The van der Waals surface area contributed by atoms with Gasteiger partial charge in [-0.25, -0.2) is 4.79 Å². The third-order valence-corrected chi connectivity index (χ3v) is 5.30. The van der Waals surface area contributed by atoms with Crippen LogP contribution < -0.4 is 18.9 Å². The zero-order valence-electron chi connectivity index (χ0n) is 18.7. The number of hydrogen-bond acceptors (Lipinski definition) is 5. The van der Waals surface area contributed by atoms with Gasteiger partial charge in [-0.1, -0.05) is 47.5 Å². The van der Waals surface area contributed by atoms with Gasteiger partial charge >= 0.3 is 12.1 Å². The van der Waals surface area contributed by atoms with Crippen molar-refractivity contribution in [2.45, 2.75) is 6.18 Å². The van der Waals surface area contributed by atoms with Gasteiger partial charge in [0, 0.05) is 10.6 Å². The average Bonchev–Trinajstić information content (AvgIpc) is 2.82. The summed E-state index contributed by atoms with van der Waals surface area (Å²) in [6.07, 6.45) is -1.61. The third-order valence-electron chi connectivity index (χ3n) is 4.80. The maximum atomic E-state index is 13.0. The fourth-order valence-electron chi connectivity index (χ4n) is 3.17. The fraction of sp³-hybridized carbons (Fsp3) is 0.160. The quantitative estimate of drug-likeness (QED) is 0.182. The predicted molar refractivity (Wildman–Crippen MR) is 128 cm³/mol. The van der Waals surface area contributed by atoms with Gasteiger partial charge in [0.1, 0.15) is 0 Å². The van der Waals surface area contributed by atoms with Crippen molar-refractivity contribution in [1.82, 2.24) is 0 Å². The summed E-state index contributed by atoms with van der Waals surface area (Å²) in [6, 6.07) is 10.4. The molecule has 3 aromatic rings. The van der Waals surface area contributed by atoms with E-state index in [1.807, 2.05) is 0 Å². The highest BCUT2D eigenvalue weighted by Gasteiger charge is 2.30. The first-order valence-electron chi connectivity index (χ1n) is 9.94. The number of carbonyl (C=O) groups is 1. The molecule has 0 saturated carbocycles. The van der Waals surface area contributed by atoms with Crippen molar-refractivity contribution in [3.05, 3.63) is 80.8 Å². The zero-order valence-corrected chi connectivity index (χ0v) is 20.2. The summed E-state index contributed by atoms with van der Waals surface area (Å²) < 4.78 is 60.4. The molecule has 0 atom stereocenters. The number of benzene rings is 3. The Labute approximate surface area is 209 Å². The summed E-state index contributed by atoms with van der Waals surface area (Å²) in [4.78, 5) is 13.0. The minimum atomic E-state index is -4.48. The largest absolute Gasteiger partial charge is 0.493 e. The van der Waals surface area contributed by atoms with Crippen LogP contribution in [0.1, 0.15) is 27.0 Å².